The molecule has 1 aromatic heterocycles. The van der Waals surface area contributed by atoms with Crippen molar-refractivity contribution in [2.75, 3.05) is 7.11 Å². The van der Waals surface area contributed by atoms with Crippen molar-refractivity contribution in [3.8, 4) is 11.5 Å². The summed E-state index contributed by atoms with van der Waals surface area (Å²) in [5, 5.41) is 9.92. The molecule has 1 N–H and O–H groups in total. The van der Waals surface area contributed by atoms with Crippen LogP contribution in [0.25, 0.3) is 11.8 Å². The second-order valence-corrected chi connectivity index (χ2v) is 9.61. The average molecular weight is 485 g/mol. The third-order valence-electron chi connectivity index (χ3n) is 6.56. The van der Waals surface area contributed by atoms with E-state index in [1.165, 1.54) is 36.1 Å². The lowest BCUT2D eigenvalue weighted by molar-refractivity contribution is 0.373. The number of rotatable bonds is 3. The van der Waals surface area contributed by atoms with Crippen LogP contribution >= 0.6 is 11.3 Å². The first kappa shape index (κ1) is 21.6. The van der Waals surface area contributed by atoms with Gasteiger partial charge in [-0.1, -0.05) is 53.8 Å². The molecule has 0 saturated carbocycles. The van der Waals surface area contributed by atoms with E-state index in [0.29, 0.717) is 15.1 Å². The summed E-state index contributed by atoms with van der Waals surface area (Å²) in [6.07, 6.45) is 3.42. The van der Waals surface area contributed by atoms with E-state index in [-0.39, 0.29) is 23.2 Å². The number of hydrogen-bond donors (Lipinski definition) is 1. The van der Waals surface area contributed by atoms with Crippen molar-refractivity contribution in [1.82, 2.24) is 4.57 Å². The predicted octanol–water partition coefficient (Wildman–Crippen LogP) is 4.17. The average Bonchev–Trinajstić information content (AvgIpc) is 3.19. The molecule has 0 saturated heterocycles. The van der Waals surface area contributed by atoms with Gasteiger partial charge < -0.3 is 9.84 Å². The minimum atomic E-state index is -0.355. The van der Waals surface area contributed by atoms with Crippen LogP contribution in [0.3, 0.4) is 0 Å². The summed E-state index contributed by atoms with van der Waals surface area (Å²) in [6.45, 7) is 0. The lowest BCUT2D eigenvalue weighted by atomic mass is 9.83. The van der Waals surface area contributed by atoms with Gasteiger partial charge in [-0.15, -0.1) is 0 Å². The summed E-state index contributed by atoms with van der Waals surface area (Å²) in [6, 6.07) is 19.2. The maximum atomic E-state index is 13.8. The highest BCUT2D eigenvalue weighted by molar-refractivity contribution is 7.07. The molecule has 4 aromatic rings. The number of phenolic OH excluding ortho intramolecular Hbond substituents is 1. The maximum absolute atomic E-state index is 13.8. The Kier molecular flexibility index (Phi) is 5.15. The van der Waals surface area contributed by atoms with Crippen LogP contribution in [0.2, 0.25) is 0 Å². The molecule has 0 unspecified atom stereocenters. The van der Waals surface area contributed by atoms with E-state index in [0.717, 1.165) is 40.8 Å². The zero-order chi connectivity index (χ0) is 24.1. The first-order valence-corrected chi connectivity index (χ1v) is 12.1. The van der Waals surface area contributed by atoms with Gasteiger partial charge in [-0.3, -0.25) is 9.36 Å². The number of thiazole rings is 1. The Bertz CT molecular complexity index is 1680. The molecular formula is C28H21FN2O3S. The SMILES string of the molecule is COc1cc(/C=c2/sc3n(c2=O)[C@@H](c2ccc(F)cc2)C2=C(N=3)c3ccccc3CC2)ccc1O. The molecule has 35 heavy (non-hydrogen) atoms. The number of halogens is 1. The van der Waals surface area contributed by atoms with E-state index in [9.17, 15) is 14.3 Å². The van der Waals surface area contributed by atoms with Gasteiger partial charge in [0.1, 0.15) is 5.82 Å². The Labute approximate surface area is 204 Å². The molecular weight excluding hydrogens is 463 g/mol. The fourth-order valence-corrected chi connectivity index (χ4v) is 5.90. The van der Waals surface area contributed by atoms with Gasteiger partial charge in [-0.25, -0.2) is 9.38 Å². The molecule has 0 amide bonds. The third kappa shape index (κ3) is 3.59. The normalized spacial score (nSPS) is 16.9. The molecule has 2 heterocycles. The van der Waals surface area contributed by atoms with Crippen LogP contribution < -0.4 is 19.6 Å². The quantitative estimate of drug-likeness (QED) is 0.475. The molecule has 1 aliphatic heterocycles. The van der Waals surface area contributed by atoms with E-state index in [4.69, 9.17) is 9.73 Å². The van der Waals surface area contributed by atoms with Crippen molar-refractivity contribution in [3.05, 3.63) is 120 Å². The van der Waals surface area contributed by atoms with Gasteiger partial charge >= 0.3 is 0 Å². The van der Waals surface area contributed by atoms with E-state index >= 15 is 0 Å². The number of aryl methyl sites for hydroxylation is 1. The Morgan fingerprint density at radius 3 is 2.71 bits per heavy atom. The number of hydrogen-bond acceptors (Lipinski definition) is 5. The minimum Gasteiger partial charge on any atom is -0.504 e. The summed E-state index contributed by atoms with van der Waals surface area (Å²) in [4.78, 5) is 19.3. The Hall–Kier alpha value is -3.97. The Balaban J connectivity index is 1.60. The van der Waals surface area contributed by atoms with Crippen LogP contribution in [0.5, 0.6) is 11.5 Å². The molecule has 1 aliphatic carbocycles. The fraction of sp³-hybridized carbons (Fsp3) is 0.143. The van der Waals surface area contributed by atoms with E-state index in [2.05, 4.69) is 12.1 Å². The number of aromatic hydroxyl groups is 1. The highest BCUT2D eigenvalue weighted by Gasteiger charge is 2.32. The third-order valence-corrected chi connectivity index (χ3v) is 7.54. The molecule has 0 radical (unpaired) electrons. The predicted molar refractivity (Wildman–Crippen MR) is 134 cm³/mol. The number of benzene rings is 3. The van der Waals surface area contributed by atoms with Crippen LogP contribution in [-0.4, -0.2) is 16.8 Å². The molecule has 3 aromatic carbocycles. The Morgan fingerprint density at radius 1 is 1.11 bits per heavy atom. The second-order valence-electron chi connectivity index (χ2n) is 8.60. The second kappa shape index (κ2) is 8.36. The first-order valence-electron chi connectivity index (χ1n) is 11.3. The topological polar surface area (TPSA) is 63.8 Å². The highest BCUT2D eigenvalue weighted by Crippen LogP contribution is 2.41. The lowest BCUT2D eigenvalue weighted by Gasteiger charge is -2.30. The molecule has 5 nitrogen and oxygen atoms in total. The largest absolute Gasteiger partial charge is 0.504 e. The number of ether oxygens (including phenoxy) is 1. The van der Waals surface area contributed by atoms with Crippen LogP contribution in [0, 0.1) is 5.82 Å². The van der Waals surface area contributed by atoms with Crippen molar-refractivity contribution in [2.24, 2.45) is 4.99 Å². The van der Waals surface area contributed by atoms with Gasteiger partial charge in [-0.2, -0.15) is 0 Å². The van der Waals surface area contributed by atoms with Crippen LogP contribution in [0.1, 0.15) is 34.7 Å². The van der Waals surface area contributed by atoms with Crippen LogP contribution in [-0.2, 0) is 6.42 Å². The summed E-state index contributed by atoms with van der Waals surface area (Å²) < 4.78 is 21.2. The summed E-state index contributed by atoms with van der Waals surface area (Å²) in [7, 11) is 1.48. The molecule has 0 bridgehead atoms. The minimum absolute atomic E-state index is 0.0359. The summed E-state index contributed by atoms with van der Waals surface area (Å²) >= 11 is 1.32. The standard InChI is InChI=1S/C28H21FN2O3S/c1-34-23-14-16(6-13-22(23)32)15-24-27(33)31-26(18-7-10-19(29)11-8-18)21-12-9-17-4-2-3-5-20(17)25(21)30-28(31)35-24/h2-8,10-11,13-15,26,32H,9,12H2,1H3/b24-15+/t26-/m0/s1. The van der Waals surface area contributed by atoms with Crippen molar-refractivity contribution >= 4 is 23.1 Å². The molecule has 2 aliphatic rings. The number of fused-ring (bicyclic) bond motifs is 3. The van der Waals surface area contributed by atoms with Crippen LogP contribution in [0.4, 0.5) is 4.39 Å². The molecule has 0 fully saturated rings. The zero-order valence-corrected chi connectivity index (χ0v) is 19.7. The number of nitrogens with zero attached hydrogens (tertiary/aromatic N) is 2. The van der Waals surface area contributed by atoms with Crippen LogP contribution in [0.15, 0.2) is 82.1 Å². The summed E-state index contributed by atoms with van der Waals surface area (Å²) in [5.74, 6) is 0.0576. The maximum Gasteiger partial charge on any atom is 0.271 e. The number of allylic oxidation sites excluding steroid dienone is 1. The number of aromatic nitrogens is 1. The van der Waals surface area contributed by atoms with Crippen molar-refractivity contribution in [1.29, 1.82) is 0 Å². The fourth-order valence-electron chi connectivity index (χ4n) is 4.90. The molecule has 0 spiro atoms. The monoisotopic (exact) mass is 484 g/mol. The van der Waals surface area contributed by atoms with Gasteiger partial charge in [0.25, 0.3) is 5.56 Å². The molecule has 174 valence electrons. The van der Waals surface area contributed by atoms with Gasteiger partial charge in [0.05, 0.1) is 23.4 Å². The number of phenols is 1. The Morgan fingerprint density at radius 2 is 1.91 bits per heavy atom. The molecule has 6 rings (SSSR count). The van der Waals surface area contributed by atoms with Crippen molar-refractivity contribution in [2.45, 2.75) is 18.9 Å². The highest BCUT2D eigenvalue weighted by atomic mass is 32.1. The summed E-state index contributed by atoms with van der Waals surface area (Å²) in [5.41, 5.74) is 5.73. The van der Waals surface area contributed by atoms with Crippen molar-refractivity contribution < 1.29 is 14.2 Å². The molecule has 7 heteroatoms. The molecule has 1 atom stereocenters. The van der Waals surface area contributed by atoms with Crippen molar-refractivity contribution in [3.63, 3.8) is 0 Å². The van der Waals surface area contributed by atoms with Gasteiger partial charge in [0.15, 0.2) is 16.3 Å². The van der Waals surface area contributed by atoms with E-state index in [1.54, 1.807) is 41.0 Å². The lowest BCUT2D eigenvalue weighted by Crippen LogP contribution is -2.38. The van der Waals surface area contributed by atoms with Gasteiger partial charge in [-0.05, 0) is 65.4 Å². The smallest absolute Gasteiger partial charge is 0.271 e. The van der Waals surface area contributed by atoms with E-state index in [1.807, 2.05) is 12.1 Å². The first-order chi connectivity index (χ1) is 17.0. The van der Waals surface area contributed by atoms with Gasteiger partial charge in [0, 0.05) is 5.56 Å². The van der Waals surface area contributed by atoms with E-state index < -0.39 is 0 Å². The zero-order valence-electron chi connectivity index (χ0n) is 18.9. The van der Waals surface area contributed by atoms with Gasteiger partial charge in [0.2, 0.25) is 0 Å². The number of methoxy groups -OCH3 is 1.